The Morgan fingerprint density at radius 3 is 2.69 bits per heavy atom. The normalized spacial score (nSPS) is 14.1. The molecule has 0 unspecified atom stereocenters. The molecular weight excluding hydrogens is 372 g/mol. The van der Waals surface area contributed by atoms with Crippen molar-refractivity contribution in [2.24, 2.45) is 4.99 Å². The van der Waals surface area contributed by atoms with Crippen LogP contribution >= 0.6 is 0 Å². The third-order valence-electron chi connectivity index (χ3n) is 3.87. The molecular formula is C21H34N4O4. The van der Waals surface area contributed by atoms with Crippen LogP contribution in [0.4, 0.5) is 5.69 Å². The molecule has 1 heterocycles. The number of anilines is 1. The topological polar surface area (TPSA) is 93.2 Å². The number of hydrogen-bond acceptors (Lipinski definition) is 5. The van der Waals surface area contributed by atoms with E-state index < -0.39 is 0 Å². The van der Waals surface area contributed by atoms with Crippen LogP contribution in [-0.4, -0.2) is 56.9 Å². The second-order valence-corrected chi connectivity index (χ2v) is 7.78. The molecule has 0 saturated heterocycles. The van der Waals surface area contributed by atoms with E-state index in [-0.39, 0.29) is 18.0 Å². The minimum absolute atomic E-state index is 0.0304. The monoisotopic (exact) mass is 406 g/mol. The number of hydrogen-bond donors (Lipinski definition) is 3. The minimum atomic E-state index is -0.292. The van der Waals surface area contributed by atoms with Gasteiger partial charge >= 0.3 is 0 Å². The number of guanidine groups is 1. The predicted molar refractivity (Wildman–Crippen MR) is 115 cm³/mol. The molecule has 0 atom stereocenters. The Kier molecular flexibility index (Phi) is 9.05. The van der Waals surface area contributed by atoms with Crippen LogP contribution in [0.2, 0.25) is 0 Å². The van der Waals surface area contributed by atoms with Crippen LogP contribution in [0.3, 0.4) is 0 Å². The molecule has 0 bridgehead atoms. The second kappa shape index (κ2) is 11.5. The molecule has 1 aromatic carbocycles. The van der Waals surface area contributed by atoms with Crippen molar-refractivity contribution in [3.05, 3.63) is 18.2 Å². The van der Waals surface area contributed by atoms with Crippen molar-refractivity contribution >= 4 is 17.6 Å². The Bertz CT molecular complexity index is 686. The van der Waals surface area contributed by atoms with Crippen molar-refractivity contribution in [2.45, 2.75) is 46.1 Å². The molecule has 1 aliphatic heterocycles. The Labute approximate surface area is 173 Å². The zero-order valence-electron chi connectivity index (χ0n) is 18.0. The highest BCUT2D eigenvalue weighted by Crippen LogP contribution is 2.32. The Hall–Kier alpha value is -2.48. The largest absolute Gasteiger partial charge is 0.490 e. The van der Waals surface area contributed by atoms with Crippen LogP contribution in [0.25, 0.3) is 0 Å². The van der Waals surface area contributed by atoms with Gasteiger partial charge < -0.3 is 30.2 Å². The third-order valence-corrected chi connectivity index (χ3v) is 3.87. The molecule has 3 N–H and O–H groups in total. The van der Waals surface area contributed by atoms with E-state index in [4.69, 9.17) is 14.2 Å². The molecule has 8 nitrogen and oxygen atoms in total. The lowest BCUT2D eigenvalue weighted by Crippen LogP contribution is -2.42. The summed E-state index contributed by atoms with van der Waals surface area (Å²) in [6.45, 7) is 11.2. The summed E-state index contributed by atoms with van der Waals surface area (Å²) in [5, 5.41) is 9.40. The fraction of sp³-hybridized carbons (Fsp3) is 0.619. The number of carbonyl (C=O) groups is 1. The first-order chi connectivity index (χ1) is 13.9. The zero-order chi connectivity index (χ0) is 21.1. The van der Waals surface area contributed by atoms with Gasteiger partial charge in [0, 0.05) is 43.5 Å². The van der Waals surface area contributed by atoms with E-state index in [1.165, 1.54) is 0 Å². The quantitative estimate of drug-likeness (QED) is 0.349. The van der Waals surface area contributed by atoms with E-state index in [9.17, 15) is 4.79 Å². The number of amides is 1. The third kappa shape index (κ3) is 9.04. The SMILES string of the molecule is CCOCCCNC(=NCC(=O)NC(C)(C)C)Nc1ccc2c(c1)OCCCO2. The molecule has 0 spiro atoms. The first-order valence-electron chi connectivity index (χ1n) is 10.2. The maximum atomic E-state index is 12.1. The molecule has 0 aliphatic carbocycles. The summed E-state index contributed by atoms with van der Waals surface area (Å²) in [5.41, 5.74) is 0.515. The van der Waals surface area contributed by atoms with E-state index in [0.29, 0.717) is 44.7 Å². The highest BCUT2D eigenvalue weighted by molar-refractivity contribution is 5.95. The van der Waals surface area contributed by atoms with Gasteiger partial charge in [-0.2, -0.15) is 0 Å². The lowest BCUT2D eigenvalue weighted by molar-refractivity contribution is -0.121. The number of nitrogens with zero attached hydrogens (tertiary/aromatic N) is 1. The summed E-state index contributed by atoms with van der Waals surface area (Å²) in [4.78, 5) is 16.6. The minimum Gasteiger partial charge on any atom is -0.490 e. The molecule has 162 valence electrons. The van der Waals surface area contributed by atoms with Crippen LogP contribution in [0.15, 0.2) is 23.2 Å². The van der Waals surface area contributed by atoms with Crippen LogP contribution in [-0.2, 0) is 9.53 Å². The number of carbonyl (C=O) groups excluding carboxylic acids is 1. The van der Waals surface area contributed by atoms with E-state index in [1.54, 1.807) is 0 Å². The van der Waals surface area contributed by atoms with Gasteiger partial charge in [0.1, 0.15) is 6.54 Å². The van der Waals surface area contributed by atoms with Gasteiger partial charge in [0.15, 0.2) is 17.5 Å². The van der Waals surface area contributed by atoms with E-state index >= 15 is 0 Å². The second-order valence-electron chi connectivity index (χ2n) is 7.78. The van der Waals surface area contributed by atoms with Gasteiger partial charge in [-0.05, 0) is 46.2 Å². The van der Waals surface area contributed by atoms with Gasteiger partial charge in [-0.25, -0.2) is 4.99 Å². The van der Waals surface area contributed by atoms with Crippen molar-refractivity contribution < 1.29 is 19.0 Å². The number of nitrogens with one attached hydrogen (secondary N) is 3. The summed E-state index contributed by atoms with van der Waals surface area (Å²) >= 11 is 0. The number of aliphatic imine (C=N–C) groups is 1. The van der Waals surface area contributed by atoms with Crippen LogP contribution in [0.5, 0.6) is 11.5 Å². The smallest absolute Gasteiger partial charge is 0.242 e. The lowest BCUT2D eigenvalue weighted by atomic mass is 10.1. The molecule has 1 aromatic rings. The van der Waals surface area contributed by atoms with Crippen molar-refractivity contribution in [1.29, 1.82) is 0 Å². The summed E-state index contributed by atoms with van der Waals surface area (Å²) in [5.74, 6) is 1.83. The van der Waals surface area contributed by atoms with Crippen molar-refractivity contribution in [3.8, 4) is 11.5 Å². The number of fused-ring (bicyclic) bond motifs is 1. The van der Waals surface area contributed by atoms with Gasteiger partial charge in [0.05, 0.1) is 13.2 Å². The first-order valence-corrected chi connectivity index (χ1v) is 10.2. The zero-order valence-corrected chi connectivity index (χ0v) is 18.0. The van der Waals surface area contributed by atoms with E-state index in [1.807, 2.05) is 45.9 Å². The molecule has 2 rings (SSSR count). The number of benzene rings is 1. The van der Waals surface area contributed by atoms with Crippen molar-refractivity contribution in [2.75, 3.05) is 44.8 Å². The molecule has 0 saturated carbocycles. The van der Waals surface area contributed by atoms with Gasteiger partial charge in [-0.3, -0.25) is 4.79 Å². The van der Waals surface area contributed by atoms with E-state index in [0.717, 1.165) is 24.3 Å². The Morgan fingerprint density at radius 2 is 1.97 bits per heavy atom. The molecule has 8 heteroatoms. The highest BCUT2D eigenvalue weighted by Gasteiger charge is 2.14. The molecule has 1 amide bonds. The average Bonchev–Trinajstić information content (AvgIpc) is 2.89. The Morgan fingerprint density at radius 1 is 1.21 bits per heavy atom. The molecule has 29 heavy (non-hydrogen) atoms. The lowest BCUT2D eigenvalue weighted by Gasteiger charge is -2.20. The average molecular weight is 407 g/mol. The highest BCUT2D eigenvalue weighted by atomic mass is 16.5. The van der Waals surface area contributed by atoms with Gasteiger partial charge in [-0.1, -0.05) is 0 Å². The van der Waals surface area contributed by atoms with Crippen molar-refractivity contribution in [1.82, 2.24) is 10.6 Å². The summed E-state index contributed by atoms with van der Waals surface area (Å²) in [6.07, 6.45) is 1.69. The van der Waals surface area contributed by atoms with Gasteiger partial charge in [-0.15, -0.1) is 0 Å². The molecule has 0 fully saturated rings. The number of ether oxygens (including phenoxy) is 3. The predicted octanol–water partition coefficient (Wildman–Crippen LogP) is 2.55. The maximum Gasteiger partial charge on any atom is 0.242 e. The van der Waals surface area contributed by atoms with Crippen molar-refractivity contribution in [3.63, 3.8) is 0 Å². The molecule has 0 radical (unpaired) electrons. The van der Waals surface area contributed by atoms with Gasteiger partial charge in [0.2, 0.25) is 5.91 Å². The summed E-state index contributed by atoms with van der Waals surface area (Å²) in [7, 11) is 0. The molecule has 0 aromatic heterocycles. The van der Waals surface area contributed by atoms with Crippen LogP contribution in [0, 0.1) is 0 Å². The van der Waals surface area contributed by atoms with E-state index in [2.05, 4.69) is 20.9 Å². The van der Waals surface area contributed by atoms with Crippen LogP contribution in [0.1, 0.15) is 40.5 Å². The maximum absolute atomic E-state index is 12.1. The Balaban J connectivity index is 2.02. The fourth-order valence-electron chi connectivity index (χ4n) is 2.65. The van der Waals surface area contributed by atoms with Crippen LogP contribution < -0.4 is 25.4 Å². The summed E-state index contributed by atoms with van der Waals surface area (Å²) < 4.78 is 16.8. The summed E-state index contributed by atoms with van der Waals surface area (Å²) in [6, 6.07) is 5.66. The fourth-order valence-corrected chi connectivity index (χ4v) is 2.65. The number of rotatable bonds is 8. The standard InChI is InChI=1S/C21H34N4O4/c1-5-27-11-6-10-22-20(23-15-19(26)25-21(2,3)4)24-16-8-9-17-18(14-16)29-13-7-12-28-17/h8-9,14H,5-7,10-13,15H2,1-4H3,(H,25,26)(H2,22,23,24). The van der Waals surface area contributed by atoms with Gasteiger partial charge in [0.25, 0.3) is 0 Å². The first kappa shape index (κ1) is 22.8. The molecule has 1 aliphatic rings.